The van der Waals surface area contributed by atoms with Crippen LogP contribution in [0.15, 0.2) is 0 Å². The SMILES string of the molecule is C#C[CH]NC(=O)C(F)(F)F. The molecule has 0 fully saturated rings. The minimum atomic E-state index is -4.87. The summed E-state index contributed by atoms with van der Waals surface area (Å²) < 4.78 is 33.8. The molecule has 0 aliphatic carbocycles. The number of amides is 1. The van der Waals surface area contributed by atoms with Gasteiger partial charge in [-0.15, -0.1) is 6.42 Å². The number of nitrogens with one attached hydrogen (secondary N) is 1. The lowest BCUT2D eigenvalue weighted by Gasteiger charge is -2.02. The molecule has 5 heteroatoms. The smallest absolute Gasteiger partial charge is 0.332 e. The van der Waals surface area contributed by atoms with E-state index in [1.54, 1.807) is 5.92 Å². The average Bonchev–Trinajstić information content (AvgIpc) is 1.80. The molecule has 1 amide bonds. The number of hydrogen-bond donors (Lipinski definition) is 1. The van der Waals surface area contributed by atoms with Crippen molar-refractivity contribution in [3.63, 3.8) is 0 Å². The minimum Gasteiger partial charge on any atom is -0.332 e. The van der Waals surface area contributed by atoms with Crippen molar-refractivity contribution in [2.45, 2.75) is 6.18 Å². The van der Waals surface area contributed by atoms with Gasteiger partial charge in [-0.1, -0.05) is 5.92 Å². The Kier molecular flexibility index (Phi) is 2.74. The van der Waals surface area contributed by atoms with Crippen LogP contribution in [0.5, 0.6) is 0 Å². The molecule has 0 aromatic heterocycles. The van der Waals surface area contributed by atoms with Gasteiger partial charge in [-0.2, -0.15) is 13.2 Å². The summed E-state index contributed by atoms with van der Waals surface area (Å²) >= 11 is 0. The highest BCUT2D eigenvalue weighted by atomic mass is 19.4. The first-order chi connectivity index (χ1) is 4.48. The molecule has 0 rings (SSSR count). The summed E-state index contributed by atoms with van der Waals surface area (Å²) in [6.45, 7) is 0.579. The van der Waals surface area contributed by atoms with Gasteiger partial charge in [0.1, 0.15) is 6.54 Å². The average molecular weight is 150 g/mol. The lowest BCUT2D eigenvalue weighted by Crippen LogP contribution is -2.34. The fourth-order valence-electron chi connectivity index (χ4n) is 0.189. The van der Waals surface area contributed by atoms with Crippen LogP contribution < -0.4 is 5.32 Å². The van der Waals surface area contributed by atoms with Crippen LogP contribution in [-0.2, 0) is 4.79 Å². The third kappa shape index (κ3) is 2.97. The molecule has 55 valence electrons. The zero-order chi connectivity index (χ0) is 8.20. The number of terminal acetylenes is 1. The Morgan fingerprint density at radius 3 is 2.40 bits per heavy atom. The van der Waals surface area contributed by atoms with Crippen molar-refractivity contribution in [2.75, 3.05) is 0 Å². The number of halogens is 3. The highest BCUT2D eigenvalue weighted by molar-refractivity contribution is 5.82. The van der Waals surface area contributed by atoms with Crippen LogP contribution in [0.2, 0.25) is 0 Å². The molecule has 0 atom stereocenters. The monoisotopic (exact) mass is 150 g/mol. The number of hydrogen-bond acceptors (Lipinski definition) is 1. The van der Waals surface area contributed by atoms with Gasteiger partial charge in [-0.25, -0.2) is 0 Å². The van der Waals surface area contributed by atoms with E-state index >= 15 is 0 Å². The van der Waals surface area contributed by atoms with Crippen LogP contribution in [0.3, 0.4) is 0 Å². The molecule has 0 aromatic rings. The molecule has 0 aliphatic rings. The fraction of sp³-hybridized carbons (Fsp3) is 0.200. The van der Waals surface area contributed by atoms with Gasteiger partial charge in [0.15, 0.2) is 0 Å². The molecule has 0 heterocycles. The van der Waals surface area contributed by atoms with E-state index in [9.17, 15) is 18.0 Å². The first kappa shape index (κ1) is 8.82. The highest BCUT2D eigenvalue weighted by Gasteiger charge is 2.38. The van der Waals surface area contributed by atoms with E-state index in [0.29, 0.717) is 6.54 Å². The Hall–Kier alpha value is -1.18. The quantitative estimate of drug-likeness (QED) is 0.540. The molecule has 0 unspecified atom stereocenters. The maximum absolute atomic E-state index is 11.3. The summed E-state index contributed by atoms with van der Waals surface area (Å²) in [7, 11) is 0. The number of carbonyl (C=O) groups excluding carboxylic acids is 1. The van der Waals surface area contributed by atoms with Crippen molar-refractivity contribution >= 4 is 5.91 Å². The highest BCUT2D eigenvalue weighted by Crippen LogP contribution is 2.13. The molecule has 0 saturated heterocycles. The second-order valence-electron chi connectivity index (χ2n) is 1.28. The minimum absolute atomic E-state index is 0.579. The van der Waals surface area contributed by atoms with E-state index in [1.807, 2.05) is 0 Å². The predicted molar refractivity (Wildman–Crippen MR) is 27.3 cm³/mol. The van der Waals surface area contributed by atoms with Crippen molar-refractivity contribution in [2.24, 2.45) is 0 Å². The van der Waals surface area contributed by atoms with E-state index < -0.39 is 12.1 Å². The zero-order valence-corrected chi connectivity index (χ0v) is 4.70. The molecule has 0 saturated carbocycles. The van der Waals surface area contributed by atoms with Crippen molar-refractivity contribution in [3.8, 4) is 12.3 Å². The molecular formula is C5H3F3NO. The predicted octanol–water partition coefficient (Wildman–Crippen LogP) is 0.460. The molecular weight excluding hydrogens is 147 g/mol. The third-order valence-electron chi connectivity index (χ3n) is 0.544. The standard InChI is InChI=1S/C5H3F3NO/c1-2-3-9-4(10)5(6,7)8/h1,3H,(H,9,10). The van der Waals surface area contributed by atoms with Gasteiger partial charge in [0, 0.05) is 0 Å². The van der Waals surface area contributed by atoms with Crippen molar-refractivity contribution in [1.29, 1.82) is 0 Å². The lowest BCUT2D eigenvalue weighted by atomic mass is 10.5. The molecule has 2 nitrogen and oxygen atoms in total. The van der Waals surface area contributed by atoms with Crippen LogP contribution in [0.1, 0.15) is 0 Å². The van der Waals surface area contributed by atoms with Crippen molar-refractivity contribution in [3.05, 3.63) is 6.54 Å². The molecule has 0 spiro atoms. The third-order valence-corrected chi connectivity index (χ3v) is 0.544. The summed E-state index contributed by atoms with van der Waals surface area (Å²) in [4.78, 5) is 9.86. The van der Waals surface area contributed by atoms with Gasteiger partial charge >= 0.3 is 12.1 Å². The Bertz CT molecular complexity index is 167. The lowest BCUT2D eigenvalue weighted by molar-refractivity contribution is -0.172. The Morgan fingerprint density at radius 1 is 1.60 bits per heavy atom. The van der Waals surface area contributed by atoms with Gasteiger partial charge < -0.3 is 5.32 Å². The van der Waals surface area contributed by atoms with Crippen LogP contribution in [0, 0.1) is 18.9 Å². The van der Waals surface area contributed by atoms with Crippen molar-refractivity contribution in [1.82, 2.24) is 5.32 Å². The van der Waals surface area contributed by atoms with Gasteiger partial charge in [0.25, 0.3) is 0 Å². The van der Waals surface area contributed by atoms with Gasteiger partial charge in [0.2, 0.25) is 0 Å². The van der Waals surface area contributed by atoms with E-state index in [0.717, 1.165) is 0 Å². The van der Waals surface area contributed by atoms with E-state index in [4.69, 9.17) is 0 Å². The summed E-state index contributed by atoms with van der Waals surface area (Å²) in [6, 6.07) is 0. The maximum atomic E-state index is 11.3. The van der Waals surface area contributed by atoms with Gasteiger partial charge in [-0.3, -0.25) is 4.79 Å². The van der Waals surface area contributed by atoms with Gasteiger partial charge in [-0.05, 0) is 0 Å². The number of rotatable bonds is 1. The summed E-state index contributed by atoms with van der Waals surface area (Å²) in [6.07, 6.45) is -0.335. The number of carbonyl (C=O) groups is 1. The first-order valence-corrected chi connectivity index (χ1v) is 2.14. The van der Waals surface area contributed by atoms with E-state index in [-0.39, 0.29) is 0 Å². The Labute approximate surface area is 55.4 Å². The molecule has 1 N–H and O–H groups in total. The maximum Gasteiger partial charge on any atom is 0.471 e. The Morgan fingerprint density at radius 2 is 2.10 bits per heavy atom. The second kappa shape index (κ2) is 3.11. The zero-order valence-electron chi connectivity index (χ0n) is 4.70. The van der Waals surface area contributed by atoms with Crippen LogP contribution in [0.25, 0.3) is 0 Å². The molecule has 0 bridgehead atoms. The summed E-state index contributed by atoms with van der Waals surface area (Å²) in [5.74, 6) is -0.351. The molecule has 10 heavy (non-hydrogen) atoms. The number of alkyl halides is 3. The fourth-order valence-corrected chi connectivity index (χ4v) is 0.189. The first-order valence-electron chi connectivity index (χ1n) is 2.14. The van der Waals surface area contributed by atoms with Crippen LogP contribution >= 0.6 is 0 Å². The molecule has 0 aromatic carbocycles. The van der Waals surface area contributed by atoms with E-state index in [2.05, 4.69) is 6.42 Å². The topological polar surface area (TPSA) is 29.1 Å². The van der Waals surface area contributed by atoms with E-state index in [1.165, 1.54) is 5.32 Å². The summed E-state index contributed by atoms with van der Waals surface area (Å²) in [5, 5.41) is 1.35. The van der Waals surface area contributed by atoms with Crippen molar-refractivity contribution < 1.29 is 18.0 Å². The second-order valence-corrected chi connectivity index (χ2v) is 1.28. The van der Waals surface area contributed by atoms with Crippen LogP contribution in [0.4, 0.5) is 13.2 Å². The Balaban J connectivity index is 3.78. The summed E-state index contributed by atoms with van der Waals surface area (Å²) in [5.41, 5.74) is 0. The molecule has 0 aliphatic heterocycles. The van der Waals surface area contributed by atoms with Gasteiger partial charge in [0.05, 0.1) is 0 Å². The molecule has 1 radical (unpaired) electrons. The van der Waals surface area contributed by atoms with Crippen LogP contribution in [-0.4, -0.2) is 12.1 Å². The largest absolute Gasteiger partial charge is 0.471 e. The normalized spacial score (nSPS) is 10.2.